The third kappa shape index (κ3) is 2.21. The van der Waals surface area contributed by atoms with Crippen LogP contribution >= 0.6 is 0 Å². The molecule has 0 fully saturated rings. The van der Waals surface area contributed by atoms with E-state index in [0.29, 0.717) is 25.2 Å². The largest absolute Gasteiger partial charge is 0.382 e. The fourth-order valence-electron chi connectivity index (χ4n) is 2.24. The number of benzene rings is 1. The monoisotopic (exact) mass is 206 g/mol. The summed E-state index contributed by atoms with van der Waals surface area (Å²) in [6, 6.07) is 8.61. The van der Waals surface area contributed by atoms with Crippen molar-refractivity contribution in [2.45, 2.75) is 25.4 Å². The highest BCUT2D eigenvalue weighted by molar-refractivity contribution is 5.36. The lowest BCUT2D eigenvalue weighted by Crippen LogP contribution is -2.19. The molecule has 0 spiro atoms. The van der Waals surface area contributed by atoms with Crippen molar-refractivity contribution in [3.63, 3.8) is 0 Å². The van der Waals surface area contributed by atoms with Gasteiger partial charge in [0.1, 0.15) is 0 Å². The summed E-state index contributed by atoms with van der Waals surface area (Å²) in [5, 5.41) is 0. The van der Waals surface area contributed by atoms with E-state index in [0.717, 1.165) is 6.42 Å². The van der Waals surface area contributed by atoms with E-state index in [1.165, 1.54) is 11.1 Å². The lowest BCUT2D eigenvalue weighted by Gasteiger charge is -2.16. The predicted octanol–water partition coefficient (Wildman–Crippen LogP) is 2.38. The number of hydrogen-bond acceptors (Lipinski definition) is 2. The molecular formula is C13H18O2. The molecule has 2 rings (SSSR count). The van der Waals surface area contributed by atoms with Crippen molar-refractivity contribution in [1.29, 1.82) is 0 Å². The Morgan fingerprint density at radius 2 is 2.07 bits per heavy atom. The van der Waals surface area contributed by atoms with Crippen LogP contribution in [0.2, 0.25) is 0 Å². The Morgan fingerprint density at radius 1 is 1.27 bits per heavy atom. The Labute approximate surface area is 91.2 Å². The first kappa shape index (κ1) is 10.7. The maximum atomic E-state index is 5.81. The van der Waals surface area contributed by atoms with Crippen LogP contribution in [0.3, 0.4) is 0 Å². The van der Waals surface area contributed by atoms with Crippen molar-refractivity contribution < 1.29 is 9.47 Å². The molecule has 2 atom stereocenters. The summed E-state index contributed by atoms with van der Waals surface area (Å²) in [7, 11) is 1.70. The minimum absolute atomic E-state index is 0.331. The Balaban J connectivity index is 1.97. The van der Waals surface area contributed by atoms with Gasteiger partial charge in [0.2, 0.25) is 0 Å². The lowest BCUT2D eigenvalue weighted by atomic mass is 10.0. The highest BCUT2D eigenvalue weighted by Crippen LogP contribution is 2.34. The van der Waals surface area contributed by atoms with Gasteiger partial charge in [-0.15, -0.1) is 0 Å². The van der Waals surface area contributed by atoms with Crippen molar-refractivity contribution in [3.05, 3.63) is 35.4 Å². The smallest absolute Gasteiger partial charge is 0.0704 e. The molecule has 0 amide bonds. The van der Waals surface area contributed by atoms with E-state index in [2.05, 4.69) is 31.2 Å². The number of fused-ring (bicyclic) bond motifs is 1. The lowest BCUT2D eigenvalue weighted by molar-refractivity contribution is 0.0124. The van der Waals surface area contributed by atoms with Crippen LogP contribution in [0.15, 0.2) is 24.3 Å². The second kappa shape index (κ2) is 4.77. The van der Waals surface area contributed by atoms with Crippen molar-refractivity contribution in [2.24, 2.45) is 0 Å². The van der Waals surface area contributed by atoms with Gasteiger partial charge < -0.3 is 9.47 Å². The maximum Gasteiger partial charge on any atom is 0.0704 e. The summed E-state index contributed by atoms with van der Waals surface area (Å²) in [6.45, 7) is 3.61. The molecule has 0 aromatic heterocycles. The van der Waals surface area contributed by atoms with Gasteiger partial charge in [0.05, 0.1) is 19.3 Å². The molecule has 1 aliphatic rings. The quantitative estimate of drug-likeness (QED) is 0.704. The van der Waals surface area contributed by atoms with Crippen LogP contribution in [-0.4, -0.2) is 26.4 Å². The van der Waals surface area contributed by atoms with Gasteiger partial charge in [-0.05, 0) is 17.5 Å². The fourth-order valence-corrected chi connectivity index (χ4v) is 2.24. The Bertz CT molecular complexity index is 322. The molecule has 0 saturated carbocycles. The van der Waals surface area contributed by atoms with E-state index in [1.807, 2.05) is 0 Å². The van der Waals surface area contributed by atoms with Crippen molar-refractivity contribution in [1.82, 2.24) is 0 Å². The van der Waals surface area contributed by atoms with Gasteiger partial charge in [-0.2, -0.15) is 0 Å². The van der Waals surface area contributed by atoms with Crippen LogP contribution < -0.4 is 0 Å². The van der Waals surface area contributed by atoms with E-state index in [9.17, 15) is 0 Å². The molecule has 0 N–H and O–H groups in total. The summed E-state index contributed by atoms with van der Waals surface area (Å²) in [5.74, 6) is 0.512. The zero-order valence-corrected chi connectivity index (χ0v) is 9.40. The van der Waals surface area contributed by atoms with E-state index >= 15 is 0 Å². The first-order valence-corrected chi connectivity index (χ1v) is 5.51. The van der Waals surface area contributed by atoms with Gasteiger partial charge in [-0.25, -0.2) is 0 Å². The Morgan fingerprint density at radius 3 is 2.80 bits per heavy atom. The highest BCUT2D eigenvalue weighted by Gasteiger charge is 2.28. The van der Waals surface area contributed by atoms with Crippen LogP contribution in [0.4, 0.5) is 0 Å². The molecule has 0 heterocycles. The molecule has 2 heteroatoms. The summed E-state index contributed by atoms with van der Waals surface area (Å²) >= 11 is 0. The molecule has 0 aliphatic heterocycles. The van der Waals surface area contributed by atoms with Gasteiger partial charge >= 0.3 is 0 Å². The summed E-state index contributed by atoms with van der Waals surface area (Å²) in [4.78, 5) is 0. The molecule has 0 radical (unpaired) electrons. The van der Waals surface area contributed by atoms with E-state index in [1.54, 1.807) is 7.11 Å². The first-order valence-electron chi connectivity index (χ1n) is 5.51. The molecule has 82 valence electrons. The Hall–Kier alpha value is -0.860. The maximum absolute atomic E-state index is 5.81. The van der Waals surface area contributed by atoms with Crippen LogP contribution in [0.1, 0.15) is 24.0 Å². The second-order valence-electron chi connectivity index (χ2n) is 4.09. The van der Waals surface area contributed by atoms with Crippen molar-refractivity contribution in [2.75, 3.05) is 20.3 Å². The third-order valence-electron chi connectivity index (χ3n) is 3.14. The van der Waals surface area contributed by atoms with Gasteiger partial charge in [-0.3, -0.25) is 0 Å². The van der Waals surface area contributed by atoms with E-state index < -0.39 is 0 Å². The summed E-state index contributed by atoms with van der Waals surface area (Å²) in [6.07, 6.45) is 1.37. The molecule has 2 unspecified atom stereocenters. The zero-order valence-electron chi connectivity index (χ0n) is 9.40. The van der Waals surface area contributed by atoms with Gasteiger partial charge in [-0.1, -0.05) is 31.2 Å². The number of hydrogen-bond donors (Lipinski definition) is 0. The van der Waals surface area contributed by atoms with Crippen molar-refractivity contribution in [3.8, 4) is 0 Å². The van der Waals surface area contributed by atoms with Gasteiger partial charge in [0.25, 0.3) is 0 Å². The predicted molar refractivity (Wildman–Crippen MR) is 60.2 cm³/mol. The molecule has 0 saturated heterocycles. The molecule has 0 bridgehead atoms. The topological polar surface area (TPSA) is 18.5 Å². The number of rotatable bonds is 4. The molecule has 15 heavy (non-hydrogen) atoms. The molecule has 1 aromatic rings. The molecule has 2 nitrogen and oxygen atoms in total. The van der Waals surface area contributed by atoms with Crippen LogP contribution in [0, 0.1) is 0 Å². The minimum atomic E-state index is 0.331. The molecule has 1 aromatic carbocycles. The number of ether oxygens (including phenoxy) is 2. The summed E-state index contributed by atoms with van der Waals surface area (Å²) in [5.41, 5.74) is 2.88. The molecule has 1 aliphatic carbocycles. The minimum Gasteiger partial charge on any atom is -0.382 e. The van der Waals surface area contributed by atoms with E-state index in [-0.39, 0.29) is 0 Å². The summed E-state index contributed by atoms with van der Waals surface area (Å²) < 4.78 is 10.8. The first-order chi connectivity index (χ1) is 7.33. The normalized spacial score (nSPS) is 24.1. The second-order valence-corrected chi connectivity index (χ2v) is 4.09. The fraction of sp³-hybridized carbons (Fsp3) is 0.538. The van der Waals surface area contributed by atoms with Crippen LogP contribution in [-0.2, 0) is 15.9 Å². The Kier molecular flexibility index (Phi) is 3.39. The SMILES string of the molecule is COCCOC1Cc2ccccc2C1C. The third-order valence-corrected chi connectivity index (χ3v) is 3.14. The van der Waals surface area contributed by atoms with E-state index in [4.69, 9.17) is 9.47 Å². The van der Waals surface area contributed by atoms with Crippen LogP contribution in [0.5, 0.6) is 0 Å². The van der Waals surface area contributed by atoms with Gasteiger partial charge in [0.15, 0.2) is 0 Å². The zero-order chi connectivity index (χ0) is 10.7. The average Bonchev–Trinajstić information content (AvgIpc) is 2.57. The standard InChI is InChI=1S/C13H18O2/c1-10-12-6-4-3-5-11(12)9-13(10)15-8-7-14-2/h3-6,10,13H,7-9H2,1-2H3. The number of methoxy groups -OCH3 is 1. The molecular weight excluding hydrogens is 188 g/mol. The van der Waals surface area contributed by atoms with Gasteiger partial charge in [0, 0.05) is 13.0 Å². The van der Waals surface area contributed by atoms with Crippen LogP contribution in [0.25, 0.3) is 0 Å². The average molecular weight is 206 g/mol. The highest BCUT2D eigenvalue weighted by atomic mass is 16.5. The van der Waals surface area contributed by atoms with Crippen molar-refractivity contribution >= 4 is 0 Å².